The highest BCUT2D eigenvalue weighted by molar-refractivity contribution is 6.31. The second-order valence-electron chi connectivity index (χ2n) is 24.2. The summed E-state index contributed by atoms with van der Waals surface area (Å²) in [7, 11) is 4.85. The third kappa shape index (κ3) is 14.4. The molecule has 0 amide bonds. The molecule has 6 aromatic carbocycles. The zero-order valence-corrected chi connectivity index (χ0v) is 48.3. The number of halogens is 2. The summed E-state index contributed by atoms with van der Waals surface area (Å²) in [6.07, 6.45) is -6.15. The predicted octanol–water partition coefficient (Wildman–Crippen LogP) is 7.78. The van der Waals surface area contributed by atoms with E-state index in [0.717, 1.165) is 78.8 Å². The van der Waals surface area contributed by atoms with Gasteiger partial charge in [0, 0.05) is 21.2 Å². The molecule has 0 saturated carbocycles. The van der Waals surface area contributed by atoms with Crippen LogP contribution < -0.4 is 9.47 Å². The summed E-state index contributed by atoms with van der Waals surface area (Å²) < 4.78 is 26.1. The summed E-state index contributed by atoms with van der Waals surface area (Å²) in [6.45, 7) is 6.81. The lowest BCUT2D eigenvalue weighted by atomic mass is 9.77. The van der Waals surface area contributed by atoms with Gasteiger partial charge in [0.2, 0.25) is 0 Å². The van der Waals surface area contributed by atoms with E-state index in [1.807, 2.05) is 60.7 Å². The lowest BCUT2D eigenvalue weighted by molar-refractivity contribution is -0.931. The Labute approximate surface area is 491 Å². The highest BCUT2D eigenvalue weighted by atomic mass is 35.5. The van der Waals surface area contributed by atoms with Gasteiger partial charge in [0.05, 0.1) is 53.5 Å². The molecule has 0 aliphatic carbocycles. The molecular formula is C66H80Cl2N2O12+2. The average Bonchev–Trinajstić information content (AvgIpc) is 3.62. The molecule has 4 fully saturated rings. The van der Waals surface area contributed by atoms with Crippen LogP contribution in [-0.2, 0) is 48.6 Å². The number of piperidine rings is 2. The van der Waals surface area contributed by atoms with Crippen molar-refractivity contribution in [2.75, 3.05) is 53.5 Å². The van der Waals surface area contributed by atoms with Crippen molar-refractivity contribution in [3.63, 3.8) is 0 Å². The Morgan fingerprint density at radius 3 is 1.10 bits per heavy atom. The first-order valence-corrected chi connectivity index (χ1v) is 29.7. The fraction of sp³-hybridized carbons (Fsp3) is 0.455. The van der Waals surface area contributed by atoms with Crippen molar-refractivity contribution in [2.24, 2.45) is 11.8 Å². The molecule has 4 aliphatic rings. The van der Waals surface area contributed by atoms with Crippen molar-refractivity contribution in [3.8, 4) is 11.5 Å². The van der Waals surface area contributed by atoms with Crippen molar-refractivity contribution in [1.29, 1.82) is 0 Å². The van der Waals surface area contributed by atoms with Crippen molar-refractivity contribution < 1.29 is 68.8 Å². The maximum atomic E-state index is 10.7. The van der Waals surface area contributed by atoms with Gasteiger partial charge >= 0.3 is 0 Å². The minimum absolute atomic E-state index is 0.460. The van der Waals surface area contributed by atoms with Crippen LogP contribution in [-0.4, -0.2) is 152 Å². The molecule has 4 heterocycles. The lowest BCUT2D eigenvalue weighted by Crippen LogP contribution is -2.55. The van der Waals surface area contributed by atoms with Crippen molar-refractivity contribution in [3.05, 3.63) is 199 Å². The number of nitrogens with zero attached hydrogens (tertiary/aromatic N) is 2. The molecule has 4 aliphatic heterocycles. The second kappa shape index (κ2) is 26.5. The van der Waals surface area contributed by atoms with E-state index in [-0.39, 0.29) is 0 Å². The summed E-state index contributed by atoms with van der Waals surface area (Å²) in [5.74, 6) is 3.11. The zero-order valence-electron chi connectivity index (χ0n) is 46.8. The molecule has 82 heavy (non-hydrogen) atoms. The normalized spacial score (nSPS) is 30.4. The van der Waals surface area contributed by atoms with E-state index in [2.05, 4.69) is 62.6 Å². The molecule has 8 N–H and O–H groups in total. The fourth-order valence-electron chi connectivity index (χ4n) is 12.8. The molecular weight excluding hydrogens is 1080 g/mol. The van der Waals surface area contributed by atoms with Gasteiger partial charge in [-0.3, -0.25) is 0 Å². The van der Waals surface area contributed by atoms with E-state index in [9.17, 15) is 40.9 Å². The third-order valence-electron chi connectivity index (χ3n) is 18.0. The van der Waals surface area contributed by atoms with Crippen LogP contribution in [0.5, 0.6) is 11.5 Å². The van der Waals surface area contributed by atoms with E-state index >= 15 is 0 Å². The smallest absolute Gasteiger partial charge is 0.119 e. The highest BCUT2D eigenvalue weighted by Gasteiger charge is 2.46. The van der Waals surface area contributed by atoms with Gasteiger partial charge in [-0.2, -0.15) is 0 Å². The third-order valence-corrected chi connectivity index (χ3v) is 18.8. The lowest BCUT2D eigenvalue weighted by Gasteiger charge is -2.46. The van der Waals surface area contributed by atoms with Crippen molar-refractivity contribution in [2.45, 2.75) is 126 Å². The molecule has 10 atom stereocenters. The molecule has 6 aromatic rings. The van der Waals surface area contributed by atoms with Gasteiger partial charge in [-0.25, -0.2) is 0 Å². The Morgan fingerprint density at radius 2 is 0.756 bits per heavy atom. The highest BCUT2D eigenvalue weighted by Crippen LogP contribution is 2.39. The minimum atomic E-state index is -1.46. The number of ether oxygens (including phenoxy) is 4. The number of aliphatic hydroxyl groups is 8. The fourth-order valence-corrected chi connectivity index (χ4v) is 13.2. The van der Waals surface area contributed by atoms with E-state index in [1.54, 1.807) is 24.3 Å². The molecule has 16 heteroatoms. The monoisotopic (exact) mass is 1160 g/mol. The number of benzene rings is 6. The first-order valence-electron chi connectivity index (χ1n) is 28.9. The topological polar surface area (TPSA) is 199 Å². The molecule has 0 unspecified atom stereocenters. The maximum absolute atomic E-state index is 10.7. The number of quaternary nitrogens is 2. The van der Waals surface area contributed by atoms with Crippen LogP contribution in [0.25, 0.3) is 0 Å². The Bertz CT molecular complexity index is 2820. The molecule has 4 saturated heterocycles. The SMILES string of the molecule is C[N+]1(Cc2ccc(COc3ccc(Cc4cc([C@@H]5O[C@H](CO)[C@@H](O)[C@H](O)[C@H]5O)ccc4Cl)cc3)cc2)CCC(C2CC[N+](C)(Cc3ccc(COc4ccc(Cc5cc([C@@H]6O[C@H](CO)[C@@H](O)[C@H](O)[C@H]6O)ccc5Cl)cc4)cc3)CC2)CC1. The average molecular weight is 1160 g/mol. The minimum Gasteiger partial charge on any atom is -0.489 e. The van der Waals surface area contributed by atoms with Crippen LogP contribution in [0.4, 0.5) is 0 Å². The molecule has 438 valence electrons. The van der Waals surface area contributed by atoms with Gasteiger partial charge < -0.3 is 68.8 Å². The Kier molecular flexibility index (Phi) is 19.5. The molecule has 0 bridgehead atoms. The number of rotatable bonds is 19. The van der Waals surface area contributed by atoms with Gasteiger partial charge in [0.1, 0.15) is 98.8 Å². The van der Waals surface area contributed by atoms with E-state index < -0.39 is 74.3 Å². The number of hydrogen-bond donors (Lipinski definition) is 8. The molecule has 0 spiro atoms. The number of hydrogen-bond acceptors (Lipinski definition) is 12. The molecule has 0 aromatic heterocycles. The Morgan fingerprint density at radius 1 is 0.427 bits per heavy atom. The molecule has 0 radical (unpaired) electrons. The van der Waals surface area contributed by atoms with Crippen molar-refractivity contribution in [1.82, 2.24) is 0 Å². The van der Waals surface area contributed by atoms with Gasteiger partial charge in [0.15, 0.2) is 0 Å². The van der Waals surface area contributed by atoms with Gasteiger partial charge in [-0.15, -0.1) is 0 Å². The van der Waals surface area contributed by atoms with Crippen molar-refractivity contribution >= 4 is 23.2 Å². The van der Waals surface area contributed by atoms with Crippen LogP contribution in [0.1, 0.15) is 93.5 Å². The van der Waals surface area contributed by atoms with Crippen LogP contribution in [0, 0.1) is 11.8 Å². The first-order chi connectivity index (χ1) is 39.5. The van der Waals surface area contributed by atoms with Gasteiger partial charge in [-0.05, 0) is 131 Å². The van der Waals surface area contributed by atoms with Gasteiger partial charge in [0.25, 0.3) is 0 Å². The predicted molar refractivity (Wildman–Crippen MR) is 313 cm³/mol. The summed E-state index contributed by atoms with van der Waals surface area (Å²) in [6, 6.07) is 44.1. The van der Waals surface area contributed by atoms with Crippen LogP contribution >= 0.6 is 23.2 Å². The quantitative estimate of drug-likeness (QED) is 0.0368. The van der Waals surface area contributed by atoms with Gasteiger partial charge in [-0.1, -0.05) is 120 Å². The standard InChI is InChI=1S/C66H80Cl2N2O12/c1-69(35-43-3-7-45(8-4-43)39-79-53-17-11-41(12-18-53)31-51-33-49(15-21-55(51)67)65-63(77)61(75)59(73)57(37-71)81-65)27-23-47(24-28-69)48-25-29-70(2,30-26-48)36-44-5-9-46(10-6-44)40-80-54-19-13-42(14-20-54)32-52-34-50(16-22-56(52)68)66-64(78)62(76)60(74)58(38-72)82-66/h3-22,33-34,47-48,57-66,71-78H,23-32,35-40H2,1-2H3/q+2/t47?,48?,57-,58-,59-,60-,61+,62+,63-,64-,65+,66+,69?,70?/m1/s1. The van der Waals surface area contributed by atoms with E-state index in [0.29, 0.717) is 47.2 Å². The molecule has 14 nitrogen and oxygen atoms in total. The van der Waals surface area contributed by atoms with E-state index in [4.69, 9.17) is 42.1 Å². The van der Waals surface area contributed by atoms with Crippen LogP contribution in [0.2, 0.25) is 10.0 Å². The summed E-state index contributed by atoms with van der Waals surface area (Å²) >= 11 is 13.2. The first kappa shape index (κ1) is 60.2. The number of aliphatic hydroxyl groups excluding tert-OH is 8. The summed E-state index contributed by atoms with van der Waals surface area (Å²) in [5.41, 5.74) is 9.78. The Balaban J connectivity index is 0.624. The zero-order chi connectivity index (χ0) is 57.7. The summed E-state index contributed by atoms with van der Waals surface area (Å²) in [4.78, 5) is 0. The summed E-state index contributed by atoms with van der Waals surface area (Å²) in [5, 5.41) is 82.8. The van der Waals surface area contributed by atoms with Crippen LogP contribution in [0.15, 0.2) is 133 Å². The Hall–Kier alpha value is -4.98. The van der Waals surface area contributed by atoms with Crippen LogP contribution in [0.3, 0.4) is 0 Å². The molecule has 10 rings (SSSR count). The number of likely N-dealkylation sites (tertiary alicyclic amines) is 2. The largest absolute Gasteiger partial charge is 0.489 e. The maximum Gasteiger partial charge on any atom is 0.119 e. The second-order valence-corrected chi connectivity index (χ2v) is 25.0. The van der Waals surface area contributed by atoms with E-state index in [1.165, 1.54) is 63.0 Å².